The van der Waals surface area contributed by atoms with Gasteiger partial charge in [0.25, 0.3) is 0 Å². The largest absolute Gasteiger partial charge is 0.357 e. The molecule has 1 aliphatic rings. The molecule has 1 heterocycles. The first kappa shape index (κ1) is 15.8. The van der Waals surface area contributed by atoms with Crippen molar-refractivity contribution in [3.63, 3.8) is 0 Å². The van der Waals surface area contributed by atoms with E-state index in [1.165, 1.54) is 25.7 Å². The van der Waals surface area contributed by atoms with E-state index in [4.69, 9.17) is 4.52 Å². The average Bonchev–Trinajstić information content (AvgIpc) is 3.10. The van der Waals surface area contributed by atoms with Crippen molar-refractivity contribution in [3.8, 4) is 0 Å². The monoisotopic (exact) mass is 293 g/mol. The molecule has 0 unspecified atom stereocenters. The van der Waals surface area contributed by atoms with Crippen LogP contribution in [0.1, 0.15) is 64.1 Å². The van der Waals surface area contributed by atoms with Crippen molar-refractivity contribution >= 4 is 5.96 Å². The van der Waals surface area contributed by atoms with Gasteiger partial charge in [-0.15, -0.1) is 0 Å². The van der Waals surface area contributed by atoms with Crippen molar-refractivity contribution in [2.45, 2.75) is 64.8 Å². The maximum absolute atomic E-state index is 5.23. The molecule has 0 radical (unpaired) electrons. The van der Waals surface area contributed by atoms with Crippen molar-refractivity contribution < 1.29 is 4.52 Å². The van der Waals surface area contributed by atoms with Gasteiger partial charge in [0.15, 0.2) is 11.8 Å². The number of aliphatic imine (C=N–C) groups is 1. The van der Waals surface area contributed by atoms with Crippen molar-refractivity contribution in [1.82, 2.24) is 20.8 Å². The fourth-order valence-corrected chi connectivity index (χ4v) is 2.45. The predicted octanol–water partition coefficient (Wildman–Crippen LogP) is 2.23. The highest BCUT2D eigenvalue weighted by Gasteiger charge is 2.16. The Kier molecular flexibility index (Phi) is 6.02. The number of aromatic nitrogens is 2. The second kappa shape index (κ2) is 8.00. The fraction of sp³-hybridized carbons (Fsp3) is 0.800. The maximum atomic E-state index is 5.23. The second-order valence-corrected chi connectivity index (χ2v) is 5.84. The molecular weight excluding hydrogens is 266 g/mol. The molecule has 0 aliphatic heterocycles. The van der Waals surface area contributed by atoms with Crippen LogP contribution in [0.4, 0.5) is 0 Å². The fourth-order valence-electron chi connectivity index (χ4n) is 2.45. The Labute approximate surface area is 126 Å². The van der Waals surface area contributed by atoms with Gasteiger partial charge in [0.2, 0.25) is 5.89 Å². The lowest BCUT2D eigenvalue weighted by atomic mass is 10.2. The Bertz CT molecular complexity index is 449. The molecule has 0 bridgehead atoms. The van der Waals surface area contributed by atoms with Crippen LogP contribution >= 0.6 is 0 Å². The van der Waals surface area contributed by atoms with Crippen molar-refractivity contribution in [2.75, 3.05) is 13.1 Å². The van der Waals surface area contributed by atoms with Crippen LogP contribution in [0, 0.1) is 0 Å². The van der Waals surface area contributed by atoms with E-state index < -0.39 is 0 Å². The third-order valence-electron chi connectivity index (χ3n) is 3.64. The zero-order valence-electron chi connectivity index (χ0n) is 13.4. The molecule has 0 spiro atoms. The SMILES string of the molecule is CCNC(=NCCc1nc(C(C)C)no1)NC1CCCC1. The molecule has 21 heavy (non-hydrogen) atoms. The molecule has 6 heteroatoms. The maximum Gasteiger partial charge on any atom is 0.228 e. The first-order valence-electron chi connectivity index (χ1n) is 8.06. The van der Waals surface area contributed by atoms with Crippen LogP contribution in [0.2, 0.25) is 0 Å². The minimum absolute atomic E-state index is 0.298. The molecule has 2 N–H and O–H groups in total. The molecule has 118 valence electrons. The minimum atomic E-state index is 0.298. The molecule has 0 aromatic carbocycles. The average molecular weight is 293 g/mol. The zero-order chi connectivity index (χ0) is 15.1. The molecular formula is C15H27N5O. The van der Waals surface area contributed by atoms with Crippen LogP contribution in [-0.4, -0.2) is 35.2 Å². The van der Waals surface area contributed by atoms with E-state index in [0.29, 0.717) is 30.8 Å². The van der Waals surface area contributed by atoms with Crippen LogP contribution in [0.25, 0.3) is 0 Å². The summed E-state index contributed by atoms with van der Waals surface area (Å²) in [6.07, 6.45) is 5.80. The van der Waals surface area contributed by atoms with E-state index in [1.807, 2.05) is 0 Å². The molecule has 0 amide bonds. The molecule has 0 atom stereocenters. The number of guanidine groups is 1. The summed E-state index contributed by atoms with van der Waals surface area (Å²) in [5.41, 5.74) is 0. The molecule has 1 aliphatic carbocycles. The van der Waals surface area contributed by atoms with Gasteiger partial charge in [-0.1, -0.05) is 31.8 Å². The molecule has 0 saturated heterocycles. The van der Waals surface area contributed by atoms with Gasteiger partial charge in [-0.05, 0) is 19.8 Å². The summed E-state index contributed by atoms with van der Waals surface area (Å²) in [6, 6.07) is 0.568. The first-order valence-corrected chi connectivity index (χ1v) is 8.06. The number of hydrogen-bond acceptors (Lipinski definition) is 4. The Hall–Kier alpha value is -1.59. The summed E-state index contributed by atoms with van der Waals surface area (Å²) in [5.74, 6) is 2.63. The Morgan fingerprint density at radius 2 is 2.14 bits per heavy atom. The molecule has 2 rings (SSSR count). The zero-order valence-corrected chi connectivity index (χ0v) is 13.4. The van der Waals surface area contributed by atoms with Gasteiger partial charge in [-0.25, -0.2) is 0 Å². The van der Waals surface area contributed by atoms with Crippen molar-refractivity contribution in [2.24, 2.45) is 4.99 Å². The number of rotatable bonds is 6. The summed E-state index contributed by atoms with van der Waals surface area (Å²) in [7, 11) is 0. The van der Waals surface area contributed by atoms with Gasteiger partial charge in [0, 0.05) is 24.9 Å². The van der Waals surface area contributed by atoms with Crippen molar-refractivity contribution in [3.05, 3.63) is 11.7 Å². The van der Waals surface area contributed by atoms with Crippen LogP contribution in [0.15, 0.2) is 9.52 Å². The van der Waals surface area contributed by atoms with E-state index in [1.54, 1.807) is 0 Å². The Morgan fingerprint density at radius 3 is 2.76 bits per heavy atom. The van der Waals surface area contributed by atoms with Crippen LogP contribution in [-0.2, 0) is 6.42 Å². The van der Waals surface area contributed by atoms with Crippen molar-refractivity contribution in [1.29, 1.82) is 0 Å². The van der Waals surface area contributed by atoms with E-state index >= 15 is 0 Å². The van der Waals surface area contributed by atoms with Gasteiger partial charge in [-0.2, -0.15) is 4.98 Å². The predicted molar refractivity (Wildman–Crippen MR) is 83.5 cm³/mol. The minimum Gasteiger partial charge on any atom is -0.357 e. The number of nitrogens with one attached hydrogen (secondary N) is 2. The lowest BCUT2D eigenvalue weighted by molar-refractivity contribution is 0.372. The van der Waals surface area contributed by atoms with E-state index in [2.05, 4.69) is 46.5 Å². The van der Waals surface area contributed by atoms with Crippen LogP contribution < -0.4 is 10.6 Å². The highest BCUT2D eigenvalue weighted by Crippen LogP contribution is 2.17. The van der Waals surface area contributed by atoms with E-state index in [0.717, 1.165) is 18.3 Å². The van der Waals surface area contributed by atoms with Gasteiger partial charge >= 0.3 is 0 Å². The van der Waals surface area contributed by atoms with Gasteiger partial charge in [0.1, 0.15) is 0 Å². The van der Waals surface area contributed by atoms with E-state index in [-0.39, 0.29) is 0 Å². The molecule has 1 saturated carbocycles. The van der Waals surface area contributed by atoms with Gasteiger partial charge < -0.3 is 15.2 Å². The lowest BCUT2D eigenvalue weighted by Gasteiger charge is -2.16. The van der Waals surface area contributed by atoms with Crippen LogP contribution in [0.3, 0.4) is 0 Å². The molecule has 1 aromatic heterocycles. The second-order valence-electron chi connectivity index (χ2n) is 5.84. The third-order valence-corrected chi connectivity index (χ3v) is 3.64. The summed E-state index contributed by atoms with van der Waals surface area (Å²) in [6.45, 7) is 7.72. The Balaban J connectivity index is 1.83. The topological polar surface area (TPSA) is 75.3 Å². The number of nitrogens with zero attached hydrogens (tertiary/aromatic N) is 3. The van der Waals surface area contributed by atoms with E-state index in [9.17, 15) is 0 Å². The molecule has 1 aromatic rings. The summed E-state index contributed by atoms with van der Waals surface area (Å²) < 4.78 is 5.23. The third kappa shape index (κ3) is 5.02. The summed E-state index contributed by atoms with van der Waals surface area (Å²) >= 11 is 0. The summed E-state index contributed by atoms with van der Waals surface area (Å²) in [5, 5.41) is 10.8. The highest BCUT2D eigenvalue weighted by molar-refractivity contribution is 5.80. The standard InChI is InChI=1S/C15H27N5O/c1-4-16-15(18-12-7-5-6-8-12)17-10-9-13-19-14(11(2)3)20-21-13/h11-12H,4-10H2,1-3H3,(H2,16,17,18). The normalized spacial score (nSPS) is 16.7. The quantitative estimate of drug-likeness (QED) is 0.621. The smallest absolute Gasteiger partial charge is 0.228 e. The summed E-state index contributed by atoms with van der Waals surface area (Å²) in [4.78, 5) is 8.96. The lowest BCUT2D eigenvalue weighted by Crippen LogP contribution is -2.42. The van der Waals surface area contributed by atoms with Gasteiger partial charge in [0.05, 0.1) is 6.54 Å². The molecule has 1 fully saturated rings. The van der Waals surface area contributed by atoms with Gasteiger partial charge in [-0.3, -0.25) is 4.99 Å². The highest BCUT2D eigenvalue weighted by atomic mass is 16.5. The first-order chi connectivity index (χ1) is 10.2. The number of hydrogen-bond donors (Lipinski definition) is 2. The Morgan fingerprint density at radius 1 is 1.38 bits per heavy atom. The molecule has 6 nitrogen and oxygen atoms in total. The van der Waals surface area contributed by atoms with Crippen LogP contribution in [0.5, 0.6) is 0 Å².